The third-order valence-corrected chi connectivity index (χ3v) is 12.0. The highest BCUT2D eigenvalue weighted by atomic mass is 35.5. The summed E-state index contributed by atoms with van der Waals surface area (Å²) in [7, 11) is 0. The number of carbonyl (C=O) groups excluding carboxylic acids is 5. The molecule has 7 N–H and O–H groups in total. The van der Waals surface area contributed by atoms with E-state index in [0.29, 0.717) is 53.0 Å². The molecular formula is C65H69ClN8O6. The molecule has 14 nitrogen and oxygen atoms in total. The number of anilines is 4. The van der Waals surface area contributed by atoms with Crippen LogP contribution in [0.3, 0.4) is 0 Å². The molecule has 0 atom stereocenters. The van der Waals surface area contributed by atoms with Crippen LogP contribution in [-0.2, 0) is 17.6 Å². The quantitative estimate of drug-likeness (QED) is 0.0234. The first-order valence-corrected chi connectivity index (χ1v) is 24.2. The molecule has 0 radical (unpaired) electrons. The van der Waals surface area contributed by atoms with Crippen molar-refractivity contribution in [3.63, 3.8) is 0 Å². The average molecular weight is 1090 g/mol. The van der Waals surface area contributed by atoms with Crippen LogP contribution in [0.25, 0.3) is 21.8 Å². The van der Waals surface area contributed by atoms with Crippen molar-refractivity contribution in [2.75, 3.05) is 10.6 Å². The van der Waals surface area contributed by atoms with Crippen LogP contribution in [0.1, 0.15) is 112 Å². The number of halogens is 1. The van der Waals surface area contributed by atoms with E-state index in [1.807, 2.05) is 85.1 Å². The Morgan fingerprint density at radius 2 is 1.05 bits per heavy atom. The fourth-order valence-corrected chi connectivity index (χ4v) is 7.95. The van der Waals surface area contributed by atoms with E-state index in [9.17, 15) is 24.0 Å². The zero-order chi connectivity index (χ0) is 54.1. The first kappa shape index (κ1) is 64.6. The van der Waals surface area contributed by atoms with Gasteiger partial charge in [0.15, 0.2) is 29.3 Å². The highest BCUT2D eigenvalue weighted by Crippen LogP contribution is 2.28. The molecule has 412 valence electrons. The minimum absolute atomic E-state index is 0. The van der Waals surface area contributed by atoms with E-state index < -0.39 is 0 Å². The molecule has 0 bridgehead atoms. The fourth-order valence-electron chi connectivity index (χ4n) is 7.95. The summed E-state index contributed by atoms with van der Waals surface area (Å²) in [6, 6.07) is 52.9. The number of aryl methyl sites for hydroxylation is 2. The van der Waals surface area contributed by atoms with Gasteiger partial charge in [0.2, 0.25) is 11.5 Å². The smallest absolute Gasteiger partial charge is 0.298 e. The molecule has 0 aliphatic heterocycles. The first-order chi connectivity index (χ1) is 36.6. The van der Waals surface area contributed by atoms with Crippen LogP contribution in [0.15, 0.2) is 192 Å². The Bertz CT molecular complexity index is 3650. The number of carbonyl (C=O) groups is 5. The maximum Gasteiger partial charge on any atom is 0.298 e. The first-order valence-electron chi connectivity index (χ1n) is 24.2. The van der Waals surface area contributed by atoms with Gasteiger partial charge >= 0.3 is 0 Å². The lowest BCUT2D eigenvalue weighted by atomic mass is 10.00. The van der Waals surface area contributed by atoms with Crippen molar-refractivity contribution in [3.8, 4) is 5.75 Å². The molecule has 0 aliphatic carbocycles. The molecular weight excluding hydrogens is 1020 g/mol. The Hall–Kier alpha value is -9.66. The molecule has 80 heavy (non-hydrogen) atoms. The van der Waals surface area contributed by atoms with Gasteiger partial charge in [-0.3, -0.25) is 29.0 Å². The summed E-state index contributed by atoms with van der Waals surface area (Å²) in [5.74, 6) is 0.203. The third-order valence-electron chi connectivity index (χ3n) is 12.0. The van der Waals surface area contributed by atoms with E-state index in [1.165, 1.54) is 31.0 Å². The maximum atomic E-state index is 12.9. The topological polar surface area (TPSA) is 222 Å². The Morgan fingerprint density at radius 3 is 1.60 bits per heavy atom. The molecule has 15 heteroatoms. The highest BCUT2D eigenvalue weighted by molar-refractivity contribution is 6.04. The molecule has 0 spiro atoms. The predicted octanol–water partition coefficient (Wildman–Crippen LogP) is 10.4. The molecule has 0 unspecified atom stereocenters. The number of nitrogens with two attached hydrogens (primary N) is 2. The van der Waals surface area contributed by atoms with Crippen molar-refractivity contribution in [2.45, 2.75) is 69.7 Å². The minimum atomic E-state index is -0.114. The summed E-state index contributed by atoms with van der Waals surface area (Å²) >= 11 is 0. The van der Waals surface area contributed by atoms with Crippen LogP contribution in [-0.4, -0.2) is 46.3 Å². The number of ketones is 4. The molecule has 0 aliphatic rings. The zero-order valence-corrected chi connectivity index (χ0v) is 43.9. The van der Waals surface area contributed by atoms with Crippen molar-refractivity contribution in [1.29, 1.82) is 0 Å². The van der Waals surface area contributed by atoms with Gasteiger partial charge in [0.05, 0.1) is 22.3 Å². The number of pyridine rings is 2. The normalized spacial score (nSPS) is 10.2. The predicted molar refractivity (Wildman–Crippen MR) is 321 cm³/mol. The van der Waals surface area contributed by atoms with Crippen molar-refractivity contribution >= 4 is 85.8 Å². The lowest BCUT2D eigenvalue weighted by Crippen LogP contribution is -3.00. The van der Waals surface area contributed by atoms with Crippen LogP contribution in [0, 0.1) is 13.8 Å². The molecule has 0 fully saturated rings. The number of aromatic nitrogens is 2. The monoisotopic (exact) mass is 1090 g/mol. The number of fused-ring (bicyclic) bond motifs is 2. The van der Waals surface area contributed by atoms with Crippen molar-refractivity contribution in [3.05, 3.63) is 232 Å². The lowest BCUT2D eigenvalue weighted by Gasteiger charge is -2.11. The standard InChI is InChI=1S/C27H26N6O.C26H22N2O2.C9H8O3.3CH4.ClH/c1-17-6-11-24-23(14-17)25(12-13-30-24)31-22-9-7-19(8-10-22)15-26(34)21-5-3-4-20(16-21)18(2)32-33-27(28)29;1-17-6-11-24-23(14-17)25(12-13-27-24)28-22-9-7-19(8-10-22)15-26(30)21-5-3-4-20(16-21)18(2)29;1-7(11)8-3-2-4-9(5-8)12-6-10;;;;/h3-14,16H,15H2,1-2H3,(H,30,31)(H4,28,29,33);3-14,16H,15H2,1-2H3,(H,27,28);2-6H,1H3;3*1H4;1H/b32-18+;;;;;;. The number of nitrogens with one attached hydrogen (secondary N) is 3. The second-order valence-corrected chi connectivity index (χ2v) is 17.9. The van der Waals surface area contributed by atoms with Gasteiger partial charge in [-0.05, 0) is 130 Å². The summed E-state index contributed by atoms with van der Waals surface area (Å²) in [6.45, 7) is 9.23. The number of benzene rings is 7. The molecule has 2 aromatic heterocycles. The Balaban J connectivity index is 0.000000336. The van der Waals surface area contributed by atoms with Crippen LogP contribution < -0.4 is 44.2 Å². The summed E-state index contributed by atoms with van der Waals surface area (Å²) in [6.07, 6.45) is 4.31. The fraction of sp³-hybridized carbons (Fsp3) is 0.154. The van der Waals surface area contributed by atoms with E-state index in [-0.39, 0.29) is 63.8 Å². The van der Waals surface area contributed by atoms with Crippen molar-refractivity contribution < 1.29 is 46.1 Å². The van der Waals surface area contributed by atoms with Crippen LogP contribution >= 0.6 is 0 Å². The molecule has 0 amide bonds. The van der Waals surface area contributed by atoms with Crippen LogP contribution in [0.4, 0.5) is 22.7 Å². The van der Waals surface area contributed by atoms with Gasteiger partial charge in [-0.2, -0.15) is 5.10 Å². The highest BCUT2D eigenvalue weighted by Gasteiger charge is 2.13. The van der Waals surface area contributed by atoms with Gasteiger partial charge in [0, 0.05) is 75.9 Å². The summed E-state index contributed by atoms with van der Waals surface area (Å²) in [5, 5.41) is 16.8. The van der Waals surface area contributed by atoms with Crippen molar-refractivity contribution in [2.24, 2.45) is 21.7 Å². The summed E-state index contributed by atoms with van der Waals surface area (Å²) < 4.78 is 4.56. The van der Waals surface area contributed by atoms with Gasteiger partial charge in [0.1, 0.15) is 5.75 Å². The molecule has 2 heterocycles. The lowest BCUT2D eigenvalue weighted by molar-refractivity contribution is -0.344. The molecule has 9 rings (SSSR count). The van der Waals surface area contributed by atoms with E-state index in [2.05, 4.69) is 79.7 Å². The van der Waals surface area contributed by atoms with Crippen LogP contribution in [0.5, 0.6) is 5.75 Å². The molecule has 7 aromatic carbocycles. The second kappa shape index (κ2) is 30.9. The van der Waals surface area contributed by atoms with Crippen molar-refractivity contribution in [1.82, 2.24) is 4.98 Å². The van der Waals surface area contributed by atoms with E-state index in [0.717, 1.165) is 61.2 Å². The number of guanidine groups is 1. The number of H-pyrrole nitrogens is 1. The van der Waals surface area contributed by atoms with Gasteiger partial charge in [0.25, 0.3) is 6.47 Å². The molecule has 9 aromatic rings. The Morgan fingerprint density at radius 1 is 0.562 bits per heavy atom. The number of hydrogen-bond donors (Lipinski definition) is 4. The number of ether oxygens (including phenoxy) is 1. The number of rotatable bonds is 16. The van der Waals surface area contributed by atoms with E-state index in [4.69, 9.17) is 11.5 Å². The molecule has 0 saturated carbocycles. The van der Waals surface area contributed by atoms with Gasteiger partial charge in [-0.15, -0.1) is 5.10 Å². The van der Waals surface area contributed by atoms with Gasteiger partial charge in [-0.25, -0.2) is 4.98 Å². The van der Waals surface area contributed by atoms with Gasteiger partial charge in [-0.1, -0.05) is 113 Å². The molecule has 0 saturated heterocycles. The summed E-state index contributed by atoms with van der Waals surface area (Å²) in [4.78, 5) is 65.5. The largest absolute Gasteiger partial charge is 1.00 e. The number of nitrogens with zero attached hydrogens (tertiary/aromatic N) is 3. The van der Waals surface area contributed by atoms with E-state index >= 15 is 0 Å². The number of hydrogen-bond acceptors (Lipinski definition) is 11. The SMILES string of the molecule is C.C.C.C/C(=N\N=C(N)N)c1cccc(C(=O)Cc2ccc(Nc3ccnc4ccc(C)cc34)cc2)c1.CC(=O)c1cccc(C(=O)Cc2ccc(Nc3cc[nH+]c4ccc(C)cc34)cc2)c1.CC(=O)c1cccc(OC=O)c1.[Cl-]. The third kappa shape index (κ3) is 18.2. The number of Topliss-reactive ketones (excluding diaryl/α,β-unsaturated/α-hetero) is 4. The zero-order valence-electron chi connectivity index (χ0n) is 43.1. The second-order valence-electron chi connectivity index (χ2n) is 17.9. The van der Waals surface area contributed by atoms with Gasteiger partial charge < -0.3 is 39.2 Å². The summed E-state index contributed by atoms with van der Waals surface area (Å²) in [5.41, 5.74) is 24.5. The minimum Gasteiger partial charge on any atom is -1.00 e. The Kier molecular flexibility index (Phi) is 25.0. The maximum absolute atomic E-state index is 12.9. The Labute approximate surface area is 474 Å². The van der Waals surface area contributed by atoms with E-state index in [1.54, 1.807) is 67.7 Å². The van der Waals surface area contributed by atoms with Crippen LogP contribution in [0.2, 0.25) is 0 Å². The average Bonchev–Trinajstić information content (AvgIpc) is 3.42. The number of aromatic amines is 1.